The smallest absolute Gasteiger partial charge is 0.160 e. The van der Waals surface area contributed by atoms with Gasteiger partial charge >= 0.3 is 0 Å². The van der Waals surface area contributed by atoms with Crippen molar-refractivity contribution >= 4 is 0 Å². The minimum atomic E-state index is 0.0476. The first kappa shape index (κ1) is 10.4. The van der Waals surface area contributed by atoms with Crippen molar-refractivity contribution in [2.24, 2.45) is 5.92 Å². The summed E-state index contributed by atoms with van der Waals surface area (Å²) >= 11 is 0. The molecular weight excluding hydrogens is 180 g/mol. The van der Waals surface area contributed by atoms with Gasteiger partial charge in [-0.1, -0.05) is 12.8 Å². The third-order valence-electron chi connectivity index (χ3n) is 3.19. The van der Waals surface area contributed by atoms with Gasteiger partial charge in [0.25, 0.3) is 0 Å². The molecule has 0 spiro atoms. The molecule has 1 saturated carbocycles. The van der Waals surface area contributed by atoms with E-state index in [0.717, 1.165) is 13.0 Å². The zero-order valence-corrected chi connectivity index (χ0v) is 8.91. The number of ether oxygens (including phenoxy) is 3. The number of methoxy groups -OCH3 is 1. The molecule has 2 rings (SSSR count). The van der Waals surface area contributed by atoms with Crippen molar-refractivity contribution in [2.75, 3.05) is 20.3 Å². The molecule has 1 unspecified atom stereocenters. The molecule has 2 aliphatic rings. The molecule has 3 nitrogen and oxygen atoms in total. The van der Waals surface area contributed by atoms with Gasteiger partial charge < -0.3 is 14.2 Å². The first-order chi connectivity index (χ1) is 6.90. The molecule has 2 fully saturated rings. The maximum Gasteiger partial charge on any atom is 0.160 e. The predicted octanol–water partition coefficient (Wildman–Crippen LogP) is 1.95. The van der Waals surface area contributed by atoms with Gasteiger partial charge in [-0.25, -0.2) is 0 Å². The maximum atomic E-state index is 5.86. The molecule has 0 bridgehead atoms. The Labute approximate surface area is 85.7 Å². The third kappa shape index (κ3) is 2.47. The molecule has 3 heteroatoms. The highest BCUT2D eigenvalue weighted by Crippen LogP contribution is 2.32. The molecule has 1 saturated heterocycles. The molecule has 2 atom stereocenters. The summed E-state index contributed by atoms with van der Waals surface area (Å²) < 4.78 is 16.6. The van der Waals surface area contributed by atoms with E-state index in [0.29, 0.717) is 12.5 Å². The summed E-state index contributed by atoms with van der Waals surface area (Å²) in [5, 5.41) is 0. The maximum absolute atomic E-state index is 5.86. The summed E-state index contributed by atoms with van der Waals surface area (Å²) in [6, 6.07) is 0. The van der Waals surface area contributed by atoms with Gasteiger partial charge in [-0.15, -0.1) is 0 Å². The van der Waals surface area contributed by atoms with Gasteiger partial charge in [0, 0.05) is 13.0 Å². The third-order valence-corrected chi connectivity index (χ3v) is 3.19. The van der Waals surface area contributed by atoms with E-state index >= 15 is 0 Å². The van der Waals surface area contributed by atoms with Crippen molar-refractivity contribution in [3.05, 3.63) is 0 Å². The monoisotopic (exact) mass is 200 g/mol. The molecule has 0 aromatic heterocycles. The Balaban J connectivity index is 1.80. The summed E-state index contributed by atoms with van der Waals surface area (Å²) in [5.41, 5.74) is 0. The number of rotatable bonds is 3. The minimum Gasteiger partial charge on any atom is -0.382 e. The van der Waals surface area contributed by atoms with E-state index in [1.807, 2.05) is 0 Å². The highest BCUT2D eigenvalue weighted by atomic mass is 16.7. The Kier molecular flexibility index (Phi) is 3.79. The molecule has 0 N–H and O–H groups in total. The lowest BCUT2D eigenvalue weighted by atomic mass is 10.1. The lowest BCUT2D eigenvalue weighted by molar-refractivity contribution is -0.241. The van der Waals surface area contributed by atoms with Crippen molar-refractivity contribution < 1.29 is 14.2 Å². The van der Waals surface area contributed by atoms with E-state index in [-0.39, 0.29) is 12.4 Å². The van der Waals surface area contributed by atoms with Crippen LogP contribution in [0.3, 0.4) is 0 Å². The fourth-order valence-corrected chi connectivity index (χ4v) is 2.40. The van der Waals surface area contributed by atoms with Gasteiger partial charge in [-0.2, -0.15) is 0 Å². The van der Waals surface area contributed by atoms with Crippen LogP contribution in [0.15, 0.2) is 0 Å². The Bertz CT molecular complexity index is 164. The average molecular weight is 200 g/mol. The zero-order valence-electron chi connectivity index (χ0n) is 8.91. The first-order valence-electron chi connectivity index (χ1n) is 5.66. The second-order valence-corrected chi connectivity index (χ2v) is 4.29. The van der Waals surface area contributed by atoms with Crippen molar-refractivity contribution in [3.8, 4) is 0 Å². The van der Waals surface area contributed by atoms with Crippen LogP contribution in [-0.4, -0.2) is 32.7 Å². The Morgan fingerprint density at radius 2 is 2.00 bits per heavy atom. The molecule has 0 aromatic rings. The number of hydrogen-bond acceptors (Lipinski definition) is 3. The van der Waals surface area contributed by atoms with Crippen LogP contribution in [0.4, 0.5) is 0 Å². The van der Waals surface area contributed by atoms with Crippen molar-refractivity contribution in [1.82, 2.24) is 0 Å². The molecule has 1 heterocycles. The summed E-state index contributed by atoms with van der Waals surface area (Å²) in [6.07, 6.45) is 6.48. The Morgan fingerprint density at radius 3 is 2.71 bits per heavy atom. The second-order valence-electron chi connectivity index (χ2n) is 4.29. The fraction of sp³-hybridized carbons (Fsp3) is 1.00. The van der Waals surface area contributed by atoms with Crippen molar-refractivity contribution in [1.29, 1.82) is 0 Å². The van der Waals surface area contributed by atoms with Gasteiger partial charge in [0.2, 0.25) is 0 Å². The summed E-state index contributed by atoms with van der Waals surface area (Å²) in [4.78, 5) is 0. The van der Waals surface area contributed by atoms with Crippen LogP contribution in [-0.2, 0) is 14.2 Å². The van der Waals surface area contributed by atoms with Crippen LogP contribution in [0.25, 0.3) is 0 Å². The molecule has 0 amide bonds. The van der Waals surface area contributed by atoms with Gasteiger partial charge in [0.15, 0.2) is 6.29 Å². The lowest BCUT2D eigenvalue weighted by Gasteiger charge is -2.33. The van der Waals surface area contributed by atoms with E-state index in [2.05, 4.69) is 0 Å². The molecule has 0 aromatic carbocycles. The SMILES string of the molecule is COC[C@@H]1CCOC(C2CCCC2)O1. The van der Waals surface area contributed by atoms with Crippen LogP contribution < -0.4 is 0 Å². The van der Waals surface area contributed by atoms with Gasteiger partial charge in [0.1, 0.15) is 0 Å². The van der Waals surface area contributed by atoms with Crippen LogP contribution in [0.2, 0.25) is 0 Å². The zero-order chi connectivity index (χ0) is 9.80. The van der Waals surface area contributed by atoms with Gasteiger partial charge in [0.05, 0.1) is 19.3 Å². The van der Waals surface area contributed by atoms with E-state index < -0.39 is 0 Å². The molecule has 82 valence electrons. The first-order valence-corrected chi connectivity index (χ1v) is 5.66. The van der Waals surface area contributed by atoms with Gasteiger partial charge in [-0.05, 0) is 19.3 Å². The lowest BCUT2D eigenvalue weighted by Crippen LogP contribution is -2.38. The largest absolute Gasteiger partial charge is 0.382 e. The fourth-order valence-electron chi connectivity index (χ4n) is 2.40. The highest BCUT2D eigenvalue weighted by Gasteiger charge is 2.31. The Hall–Kier alpha value is -0.120. The van der Waals surface area contributed by atoms with Crippen molar-refractivity contribution in [2.45, 2.75) is 44.5 Å². The standard InChI is InChI=1S/C11H20O3/c1-12-8-10-6-7-13-11(14-10)9-4-2-3-5-9/h9-11H,2-8H2,1H3/t10-,11?/m0/s1. The summed E-state index contributed by atoms with van der Waals surface area (Å²) in [6.45, 7) is 1.53. The van der Waals surface area contributed by atoms with Gasteiger partial charge in [-0.3, -0.25) is 0 Å². The number of hydrogen-bond donors (Lipinski definition) is 0. The minimum absolute atomic E-state index is 0.0476. The van der Waals surface area contributed by atoms with E-state index in [9.17, 15) is 0 Å². The predicted molar refractivity (Wildman–Crippen MR) is 53.1 cm³/mol. The normalized spacial score (nSPS) is 34.9. The van der Waals surface area contributed by atoms with E-state index in [4.69, 9.17) is 14.2 Å². The average Bonchev–Trinajstić information content (AvgIpc) is 2.71. The van der Waals surface area contributed by atoms with E-state index in [1.54, 1.807) is 7.11 Å². The van der Waals surface area contributed by atoms with Crippen LogP contribution >= 0.6 is 0 Å². The quantitative estimate of drug-likeness (QED) is 0.697. The van der Waals surface area contributed by atoms with Crippen molar-refractivity contribution in [3.63, 3.8) is 0 Å². The van der Waals surface area contributed by atoms with Crippen LogP contribution in [0.5, 0.6) is 0 Å². The second kappa shape index (κ2) is 5.10. The van der Waals surface area contributed by atoms with Crippen LogP contribution in [0, 0.1) is 5.92 Å². The topological polar surface area (TPSA) is 27.7 Å². The van der Waals surface area contributed by atoms with Crippen LogP contribution in [0.1, 0.15) is 32.1 Å². The summed E-state index contributed by atoms with van der Waals surface area (Å²) in [5.74, 6) is 0.634. The van der Waals surface area contributed by atoms with E-state index in [1.165, 1.54) is 25.7 Å². The molecular formula is C11H20O3. The molecule has 14 heavy (non-hydrogen) atoms. The molecule has 0 radical (unpaired) electrons. The molecule has 1 aliphatic heterocycles. The molecule has 1 aliphatic carbocycles. The summed E-state index contributed by atoms with van der Waals surface area (Å²) in [7, 11) is 1.73. The highest BCUT2D eigenvalue weighted by molar-refractivity contribution is 4.74. The Morgan fingerprint density at radius 1 is 1.21 bits per heavy atom.